The predicted octanol–water partition coefficient (Wildman–Crippen LogP) is 3.40. The first-order valence-electron chi connectivity index (χ1n) is 7.77. The lowest BCUT2D eigenvalue weighted by molar-refractivity contribution is 0.00842. The number of hydrogen-bond donors (Lipinski definition) is 5. The molecule has 3 N–H and O–H groups in total. The Morgan fingerprint density at radius 3 is 2.68 bits per heavy atom. The van der Waals surface area contributed by atoms with Crippen LogP contribution < -0.4 is 15.4 Å². The largest absolute Gasteiger partial charge is 0.380 e. The molecule has 0 spiro atoms. The van der Waals surface area contributed by atoms with Crippen LogP contribution in [-0.2, 0) is 4.74 Å². The van der Waals surface area contributed by atoms with Crippen molar-refractivity contribution in [3.05, 3.63) is 23.8 Å². The maximum Gasteiger partial charge on any atom is 0.142 e. The van der Waals surface area contributed by atoms with Crippen molar-refractivity contribution in [3.8, 4) is 0 Å². The van der Waals surface area contributed by atoms with Gasteiger partial charge in [-0.15, -0.1) is 23.3 Å². The minimum Gasteiger partial charge on any atom is -0.380 e. The van der Waals surface area contributed by atoms with Gasteiger partial charge in [-0.3, -0.25) is 5.32 Å². The van der Waals surface area contributed by atoms with E-state index >= 15 is 0 Å². The van der Waals surface area contributed by atoms with E-state index in [9.17, 15) is 0 Å². The van der Waals surface area contributed by atoms with E-state index in [0.717, 1.165) is 23.8 Å². The summed E-state index contributed by atoms with van der Waals surface area (Å²) in [5, 5.41) is 7.26. The Morgan fingerprint density at radius 2 is 2.09 bits per heavy atom. The van der Waals surface area contributed by atoms with Crippen LogP contribution in [0, 0.1) is 0 Å². The molecule has 7 heteroatoms. The van der Waals surface area contributed by atoms with Crippen molar-refractivity contribution in [2.24, 2.45) is 0 Å². The lowest BCUT2D eigenvalue weighted by atomic mass is 9.78. The molecule has 2 aliphatic heterocycles. The minimum absolute atomic E-state index is 0.00990. The van der Waals surface area contributed by atoms with Gasteiger partial charge in [-0.1, -0.05) is 14.3 Å². The average Bonchev–Trinajstić information content (AvgIpc) is 2.33. The summed E-state index contributed by atoms with van der Waals surface area (Å²) in [7, 11) is -1.60. The Balaban J connectivity index is 1.59. The third-order valence-electron chi connectivity index (χ3n) is 4.95. The van der Waals surface area contributed by atoms with E-state index in [1.807, 2.05) is 0 Å². The normalized spacial score (nSPS) is 30.4. The smallest absolute Gasteiger partial charge is 0.142 e. The van der Waals surface area contributed by atoms with Crippen LogP contribution in [0.25, 0.3) is 0 Å². The van der Waals surface area contributed by atoms with Gasteiger partial charge in [0.2, 0.25) is 0 Å². The van der Waals surface area contributed by atoms with Crippen molar-refractivity contribution in [3.63, 3.8) is 0 Å². The molecule has 1 aromatic rings. The van der Waals surface area contributed by atoms with E-state index < -0.39 is 8.28 Å². The summed E-state index contributed by atoms with van der Waals surface area (Å²) in [6.45, 7) is 3.94. The first-order valence-corrected chi connectivity index (χ1v) is 11.5. The number of ether oxygens (including phenoxy) is 1. The van der Waals surface area contributed by atoms with Crippen LogP contribution in [0.4, 0.5) is 5.69 Å². The molecule has 3 aliphatic rings. The molecule has 1 atom stereocenters. The summed E-state index contributed by atoms with van der Waals surface area (Å²) in [5.74, 6) is 0.529. The molecule has 1 aromatic carbocycles. The van der Waals surface area contributed by atoms with Gasteiger partial charge >= 0.3 is 0 Å². The van der Waals surface area contributed by atoms with Gasteiger partial charge in [-0.2, -0.15) is 0 Å². The van der Waals surface area contributed by atoms with Crippen LogP contribution in [0.15, 0.2) is 23.1 Å². The van der Waals surface area contributed by atoms with Gasteiger partial charge in [0, 0.05) is 16.4 Å². The Hall–Kier alpha value is -0.0500. The molecule has 1 saturated carbocycles. The topological polar surface area (TPSA) is 45.3 Å². The van der Waals surface area contributed by atoms with Crippen LogP contribution in [-0.4, -0.2) is 25.0 Å². The molecule has 1 aliphatic carbocycles. The second-order valence-corrected chi connectivity index (χ2v) is 12.7. The van der Waals surface area contributed by atoms with Gasteiger partial charge in [-0.25, -0.2) is 4.72 Å². The zero-order valence-electron chi connectivity index (χ0n) is 12.6. The van der Waals surface area contributed by atoms with E-state index in [0.29, 0.717) is 5.92 Å². The molecule has 2 heterocycles. The number of rotatable bonds is 3. The minimum atomic E-state index is -1.60. The van der Waals surface area contributed by atoms with E-state index in [1.54, 1.807) is 0 Å². The van der Waals surface area contributed by atoms with Crippen LogP contribution >= 0.6 is 31.6 Å². The standard InChI is InChI=1S/C15H23N3OS3/c1-15(5-2-6-15)17-14-16-12-7-10(11-8-19-9-11)3-4-13(12)22(20,21)18-14/h3-4,7,11,14,16-18,20-21H,2,5-6,8-9H2,1H3. The molecule has 1 saturated heterocycles. The fourth-order valence-corrected chi connectivity index (χ4v) is 6.11. The van der Waals surface area contributed by atoms with Crippen molar-refractivity contribution in [2.75, 3.05) is 18.5 Å². The van der Waals surface area contributed by atoms with E-state index in [1.165, 1.54) is 24.8 Å². The first-order chi connectivity index (χ1) is 10.5. The van der Waals surface area contributed by atoms with Gasteiger partial charge in [0.05, 0.1) is 18.9 Å². The van der Waals surface area contributed by atoms with Crippen LogP contribution in [0.5, 0.6) is 0 Å². The van der Waals surface area contributed by atoms with Gasteiger partial charge in [-0.05, 0) is 43.9 Å². The fourth-order valence-electron chi connectivity index (χ4n) is 3.27. The molecular formula is C15H23N3OS3. The van der Waals surface area contributed by atoms with E-state index in [2.05, 4.69) is 40.5 Å². The zero-order chi connectivity index (χ0) is 15.4. The number of fused-ring (bicyclic) bond motifs is 1. The average molecular weight is 358 g/mol. The van der Waals surface area contributed by atoms with Gasteiger partial charge in [0.1, 0.15) is 6.29 Å². The monoisotopic (exact) mass is 357 g/mol. The Bertz CT molecular complexity index is 587. The summed E-state index contributed by atoms with van der Waals surface area (Å²) < 4.78 is 8.83. The summed E-state index contributed by atoms with van der Waals surface area (Å²) in [4.78, 5) is 1.15. The lowest BCUT2D eigenvalue weighted by Gasteiger charge is -2.48. The van der Waals surface area contributed by atoms with Crippen molar-refractivity contribution >= 4 is 37.3 Å². The molecular weight excluding hydrogens is 334 g/mol. The molecule has 0 bridgehead atoms. The summed E-state index contributed by atoms with van der Waals surface area (Å²) in [5.41, 5.74) is 2.70. The number of benzene rings is 1. The van der Waals surface area contributed by atoms with Crippen LogP contribution in [0.1, 0.15) is 37.7 Å². The first kappa shape index (κ1) is 15.5. The SMILES string of the molecule is CC1(NC2Nc3cc(C4COC4)ccc3S(S)(S)N2)CCC1. The second-order valence-electron chi connectivity index (χ2n) is 6.79. The van der Waals surface area contributed by atoms with Crippen LogP contribution in [0.2, 0.25) is 0 Å². The van der Waals surface area contributed by atoms with Gasteiger partial charge in [0.25, 0.3) is 0 Å². The molecule has 4 nitrogen and oxygen atoms in total. The number of anilines is 1. The molecule has 0 aromatic heterocycles. The maximum absolute atomic E-state index is 5.31. The summed E-state index contributed by atoms with van der Waals surface area (Å²) >= 11 is 9.62. The fraction of sp³-hybridized carbons (Fsp3) is 0.600. The quantitative estimate of drug-likeness (QED) is 0.425. The lowest BCUT2D eigenvalue weighted by Crippen LogP contribution is -2.60. The highest BCUT2D eigenvalue weighted by molar-refractivity contribution is 9.17. The molecule has 122 valence electrons. The Morgan fingerprint density at radius 1 is 1.32 bits per heavy atom. The third-order valence-corrected chi connectivity index (χ3v) is 8.30. The Kier molecular flexibility index (Phi) is 3.87. The van der Waals surface area contributed by atoms with Crippen molar-refractivity contribution < 1.29 is 4.74 Å². The third kappa shape index (κ3) is 2.76. The molecule has 0 amide bonds. The van der Waals surface area contributed by atoms with Gasteiger partial charge in [0.15, 0.2) is 0 Å². The van der Waals surface area contributed by atoms with E-state index in [4.69, 9.17) is 28.1 Å². The molecule has 22 heavy (non-hydrogen) atoms. The number of nitrogens with one attached hydrogen (secondary N) is 3. The van der Waals surface area contributed by atoms with Crippen molar-refractivity contribution in [1.82, 2.24) is 10.0 Å². The number of hydrogen-bond acceptors (Lipinski definition) is 6. The predicted molar refractivity (Wildman–Crippen MR) is 99.8 cm³/mol. The Labute approximate surface area is 143 Å². The van der Waals surface area contributed by atoms with E-state index in [-0.39, 0.29) is 11.8 Å². The number of thiol groups is 2. The molecule has 2 fully saturated rings. The van der Waals surface area contributed by atoms with Gasteiger partial charge < -0.3 is 10.1 Å². The van der Waals surface area contributed by atoms with Crippen LogP contribution in [0.3, 0.4) is 0 Å². The van der Waals surface area contributed by atoms with Crippen molar-refractivity contribution in [2.45, 2.75) is 48.8 Å². The second kappa shape index (κ2) is 5.50. The molecule has 0 radical (unpaired) electrons. The highest BCUT2D eigenvalue weighted by Gasteiger charge is 2.38. The molecule has 4 rings (SSSR count). The molecule has 1 unspecified atom stereocenters. The maximum atomic E-state index is 5.31. The summed E-state index contributed by atoms with van der Waals surface area (Å²) in [6, 6.07) is 6.58. The highest BCUT2D eigenvalue weighted by Crippen LogP contribution is 2.65. The summed E-state index contributed by atoms with van der Waals surface area (Å²) in [6.07, 6.45) is 3.76. The van der Waals surface area contributed by atoms with Crippen molar-refractivity contribution in [1.29, 1.82) is 0 Å². The highest BCUT2D eigenvalue weighted by atomic mass is 33.5. The zero-order valence-corrected chi connectivity index (χ0v) is 15.2.